The quantitative estimate of drug-likeness (QED) is 0.847. The van der Waals surface area contributed by atoms with Crippen LogP contribution in [0.15, 0.2) is 30.3 Å². The Balaban J connectivity index is 2.18. The second-order valence-corrected chi connectivity index (χ2v) is 5.79. The molecule has 3 nitrogen and oxygen atoms in total. The second-order valence-electron chi connectivity index (χ2n) is 3.83. The molecule has 1 aromatic heterocycles. The highest BCUT2D eigenvalue weighted by atomic mass is 35.5. The van der Waals surface area contributed by atoms with Gasteiger partial charge < -0.3 is 5.32 Å². The normalized spacial score (nSPS) is 10.3. The first-order valence-corrected chi connectivity index (χ1v) is 6.91. The van der Waals surface area contributed by atoms with Gasteiger partial charge in [-0.1, -0.05) is 23.2 Å². The fourth-order valence-corrected chi connectivity index (χ4v) is 2.79. The molecule has 0 fully saturated rings. The van der Waals surface area contributed by atoms with Crippen molar-refractivity contribution >= 4 is 51.9 Å². The van der Waals surface area contributed by atoms with Crippen molar-refractivity contribution in [3.05, 3.63) is 50.1 Å². The van der Waals surface area contributed by atoms with Gasteiger partial charge in [-0.2, -0.15) is 0 Å². The predicted octanol–water partition coefficient (Wildman–Crippen LogP) is 4.51. The van der Waals surface area contributed by atoms with Crippen LogP contribution in [0.25, 0.3) is 0 Å². The van der Waals surface area contributed by atoms with Gasteiger partial charge in [0.1, 0.15) is 0 Å². The molecule has 0 saturated carbocycles. The van der Waals surface area contributed by atoms with E-state index in [1.165, 1.54) is 6.92 Å². The number of hydrogen-bond acceptors (Lipinski definition) is 3. The zero-order valence-corrected chi connectivity index (χ0v) is 12.2. The number of Topliss-reactive ketones (excluding diaryl/α,β-unsaturated/α-hetero) is 1. The van der Waals surface area contributed by atoms with E-state index in [9.17, 15) is 9.59 Å². The van der Waals surface area contributed by atoms with Crippen LogP contribution in [-0.2, 0) is 0 Å². The van der Waals surface area contributed by atoms with Crippen LogP contribution in [0.2, 0.25) is 10.0 Å². The van der Waals surface area contributed by atoms with Crippen LogP contribution in [0.4, 0.5) is 5.69 Å². The zero-order valence-electron chi connectivity index (χ0n) is 9.87. The molecule has 2 aromatic rings. The molecule has 0 saturated heterocycles. The summed E-state index contributed by atoms with van der Waals surface area (Å²) in [6.45, 7) is 1.46. The Labute approximate surface area is 124 Å². The topological polar surface area (TPSA) is 46.2 Å². The van der Waals surface area contributed by atoms with Crippen LogP contribution < -0.4 is 5.32 Å². The second kappa shape index (κ2) is 5.74. The van der Waals surface area contributed by atoms with E-state index in [2.05, 4.69) is 5.32 Å². The molecule has 1 heterocycles. The molecule has 0 spiro atoms. The smallest absolute Gasteiger partial charge is 0.265 e. The average molecular weight is 314 g/mol. The van der Waals surface area contributed by atoms with Crippen molar-refractivity contribution in [3.8, 4) is 0 Å². The monoisotopic (exact) mass is 313 g/mol. The molecule has 0 atom stereocenters. The Morgan fingerprint density at radius 3 is 2.16 bits per heavy atom. The van der Waals surface area contributed by atoms with Crippen molar-refractivity contribution in [1.29, 1.82) is 0 Å². The molecule has 0 unspecified atom stereocenters. The van der Waals surface area contributed by atoms with E-state index in [-0.39, 0.29) is 11.7 Å². The number of nitrogens with one attached hydrogen (secondary N) is 1. The van der Waals surface area contributed by atoms with Gasteiger partial charge in [-0.05, 0) is 37.3 Å². The number of benzene rings is 1. The molecular weight excluding hydrogens is 305 g/mol. The molecule has 2 rings (SSSR count). The van der Waals surface area contributed by atoms with Crippen LogP contribution >= 0.6 is 34.5 Å². The number of rotatable bonds is 3. The minimum absolute atomic E-state index is 0.0603. The first-order chi connectivity index (χ1) is 8.95. The maximum absolute atomic E-state index is 12.0. The number of carbonyl (C=O) groups excluding carboxylic acids is 2. The molecule has 98 valence electrons. The molecule has 1 amide bonds. The molecule has 1 aromatic carbocycles. The summed E-state index contributed by atoms with van der Waals surface area (Å²) in [6.07, 6.45) is 0. The fraction of sp³-hybridized carbons (Fsp3) is 0.0769. The molecular formula is C13H9Cl2NO2S. The van der Waals surface area contributed by atoms with Gasteiger partial charge in [-0.15, -0.1) is 11.3 Å². The molecule has 0 aliphatic heterocycles. The molecule has 0 bridgehead atoms. The van der Waals surface area contributed by atoms with E-state index in [0.29, 0.717) is 25.5 Å². The lowest BCUT2D eigenvalue weighted by Crippen LogP contribution is -2.09. The summed E-state index contributed by atoms with van der Waals surface area (Å²) < 4.78 is 0. The van der Waals surface area contributed by atoms with Crippen LogP contribution in [0.3, 0.4) is 0 Å². The minimum atomic E-state index is -0.296. The molecule has 0 aliphatic carbocycles. The first kappa shape index (κ1) is 14.1. The highest BCUT2D eigenvalue weighted by molar-refractivity contribution is 7.16. The highest BCUT2D eigenvalue weighted by Crippen LogP contribution is 2.24. The van der Waals surface area contributed by atoms with Gasteiger partial charge in [-0.3, -0.25) is 9.59 Å². The van der Waals surface area contributed by atoms with Gasteiger partial charge in [0.25, 0.3) is 5.91 Å². The number of carbonyl (C=O) groups is 2. The van der Waals surface area contributed by atoms with Gasteiger partial charge in [0.05, 0.1) is 9.75 Å². The number of anilines is 1. The first-order valence-electron chi connectivity index (χ1n) is 5.34. The minimum Gasteiger partial charge on any atom is -0.321 e. The summed E-state index contributed by atoms with van der Waals surface area (Å²) >= 11 is 12.8. The molecule has 0 radical (unpaired) electrons. The predicted molar refractivity (Wildman–Crippen MR) is 78.7 cm³/mol. The largest absolute Gasteiger partial charge is 0.321 e. The lowest BCUT2D eigenvalue weighted by atomic mass is 10.3. The zero-order chi connectivity index (χ0) is 14.0. The Kier molecular flexibility index (Phi) is 4.24. The maximum Gasteiger partial charge on any atom is 0.265 e. The number of hydrogen-bond donors (Lipinski definition) is 1. The number of amides is 1. The van der Waals surface area contributed by atoms with Crippen molar-refractivity contribution < 1.29 is 9.59 Å². The van der Waals surface area contributed by atoms with E-state index in [0.717, 1.165) is 11.3 Å². The fourth-order valence-electron chi connectivity index (χ4n) is 1.47. The summed E-state index contributed by atoms with van der Waals surface area (Å²) in [6, 6.07) is 8.03. The summed E-state index contributed by atoms with van der Waals surface area (Å²) in [5, 5.41) is 3.57. The molecule has 0 aliphatic rings. The van der Waals surface area contributed by atoms with Crippen molar-refractivity contribution in [3.63, 3.8) is 0 Å². The number of halogens is 2. The third-order valence-corrected chi connectivity index (χ3v) is 3.92. The summed E-state index contributed by atoms with van der Waals surface area (Å²) in [5.74, 6) is -0.356. The Morgan fingerprint density at radius 2 is 1.63 bits per heavy atom. The number of ketones is 1. The third-order valence-electron chi connectivity index (χ3n) is 2.30. The van der Waals surface area contributed by atoms with E-state index in [1.807, 2.05) is 0 Å². The van der Waals surface area contributed by atoms with Crippen LogP contribution in [-0.4, -0.2) is 11.7 Å². The van der Waals surface area contributed by atoms with Crippen molar-refractivity contribution in [2.75, 3.05) is 5.32 Å². The van der Waals surface area contributed by atoms with Crippen LogP contribution in [0.1, 0.15) is 26.3 Å². The molecule has 1 N–H and O–H groups in total. The SMILES string of the molecule is CC(=O)c1ccc(C(=O)Nc2cc(Cl)cc(Cl)c2)s1. The molecule has 6 heteroatoms. The van der Waals surface area contributed by atoms with Gasteiger partial charge in [0, 0.05) is 15.7 Å². The van der Waals surface area contributed by atoms with Gasteiger partial charge in [-0.25, -0.2) is 0 Å². The maximum atomic E-state index is 12.0. The van der Waals surface area contributed by atoms with Crippen LogP contribution in [0, 0.1) is 0 Å². The van der Waals surface area contributed by atoms with Gasteiger partial charge in [0.2, 0.25) is 0 Å². The van der Waals surface area contributed by atoms with Crippen molar-refractivity contribution in [1.82, 2.24) is 0 Å². The van der Waals surface area contributed by atoms with Crippen molar-refractivity contribution in [2.24, 2.45) is 0 Å². The standard InChI is InChI=1S/C13H9Cl2NO2S/c1-7(17)11-2-3-12(19-11)13(18)16-10-5-8(14)4-9(15)6-10/h2-6H,1H3,(H,16,18). The van der Waals surface area contributed by atoms with E-state index in [1.54, 1.807) is 30.3 Å². The Bertz CT molecular complexity index is 632. The van der Waals surface area contributed by atoms with Gasteiger partial charge >= 0.3 is 0 Å². The van der Waals surface area contributed by atoms with Crippen LogP contribution in [0.5, 0.6) is 0 Å². The molecule has 19 heavy (non-hydrogen) atoms. The summed E-state index contributed by atoms with van der Waals surface area (Å²) in [7, 11) is 0. The number of thiophene rings is 1. The average Bonchev–Trinajstić information content (AvgIpc) is 2.76. The highest BCUT2D eigenvalue weighted by Gasteiger charge is 2.12. The lowest BCUT2D eigenvalue weighted by Gasteiger charge is -2.04. The van der Waals surface area contributed by atoms with E-state index < -0.39 is 0 Å². The Hall–Kier alpha value is -1.36. The van der Waals surface area contributed by atoms with Crippen molar-refractivity contribution in [2.45, 2.75) is 6.92 Å². The van der Waals surface area contributed by atoms with Gasteiger partial charge in [0.15, 0.2) is 5.78 Å². The Morgan fingerprint density at radius 1 is 1.05 bits per heavy atom. The van der Waals surface area contributed by atoms with E-state index >= 15 is 0 Å². The lowest BCUT2D eigenvalue weighted by molar-refractivity contribution is 0.101. The summed E-state index contributed by atoms with van der Waals surface area (Å²) in [5.41, 5.74) is 0.514. The summed E-state index contributed by atoms with van der Waals surface area (Å²) in [4.78, 5) is 24.2. The van der Waals surface area contributed by atoms with E-state index in [4.69, 9.17) is 23.2 Å². The third kappa shape index (κ3) is 3.56.